The van der Waals surface area contributed by atoms with Crippen molar-refractivity contribution in [3.63, 3.8) is 0 Å². The molecule has 0 aliphatic rings. The summed E-state index contributed by atoms with van der Waals surface area (Å²) < 4.78 is 10.1. The second-order valence-corrected chi connectivity index (χ2v) is 4.40. The van der Waals surface area contributed by atoms with E-state index < -0.39 is 5.54 Å². The topological polar surface area (TPSA) is 47.6 Å². The van der Waals surface area contributed by atoms with Crippen LogP contribution in [0.2, 0.25) is 0 Å². The molecule has 1 atom stereocenters. The predicted molar refractivity (Wildman–Crippen MR) is 71.9 cm³/mol. The van der Waals surface area contributed by atoms with Crippen molar-refractivity contribution >= 4 is 11.7 Å². The van der Waals surface area contributed by atoms with Gasteiger partial charge in [0.25, 0.3) is 0 Å². The largest absolute Gasteiger partial charge is 0.495 e. The molecular formula is C14H21NO3. The number of carbonyl (C=O) groups excluding carboxylic acids is 1. The van der Waals surface area contributed by atoms with Crippen LogP contribution < -0.4 is 10.1 Å². The van der Waals surface area contributed by atoms with E-state index in [0.717, 1.165) is 12.1 Å². The lowest BCUT2D eigenvalue weighted by molar-refractivity contribution is -0.145. The Morgan fingerprint density at radius 1 is 1.33 bits per heavy atom. The van der Waals surface area contributed by atoms with Crippen molar-refractivity contribution in [1.29, 1.82) is 0 Å². The van der Waals surface area contributed by atoms with E-state index in [4.69, 9.17) is 9.47 Å². The number of benzene rings is 1. The number of carbonyl (C=O) groups is 1. The highest BCUT2D eigenvalue weighted by Crippen LogP contribution is 2.29. The van der Waals surface area contributed by atoms with Gasteiger partial charge in [0.05, 0.1) is 19.9 Å². The summed E-state index contributed by atoms with van der Waals surface area (Å²) in [5.41, 5.74) is 0.0550. The number of hydrogen-bond donors (Lipinski definition) is 1. The van der Waals surface area contributed by atoms with Crippen LogP contribution in [0, 0.1) is 0 Å². The van der Waals surface area contributed by atoms with Crippen LogP contribution in [0.4, 0.5) is 5.69 Å². The Kier molecular flexibility index (Phi) is 5.01. The maximum absolute atomic E-state index is 11.9. The highest BCUT2D eigenvalue weighted by Gasteiger charge is 2.33. The molecule has 4 heteroatoms. The molecular weight excluding hydrogens is 230 g/mol. The lowest BCUT2D eigenvalue weighted by atomic mass is 9.95. The normalized spacial score (nSPS) is 13.6. The van der Waals surface area contributed by atoms with Crippen LogP contribution in [0.1, 0.15) is 26.7 Å². The minimum atomic E-state index is -0.738. The zero-order chi connectivity index (χ0) is 13.6. The molecule has 1 aromatic rings. The van der Waals surface area contributed by atoms with Crippen molar-refractivity contribution < 1.29 is 14.3 Å². The highest BCUT2D eigenvalue weighted by molar-refractivity contribution is 5.84. The van der Waals surface area contributed by atoms with Gasteiger partial charge in [-0.25, -0.2) is 4.79 Å². The maximum Gasteiger partial charge on any atom is 0.331 e. The number of hydrogen-bond acceptors (Lipinski definition) is 4. The van der Waals surface area contributed by atoms with Crippen LogP contribution in [-0.4, -0.2) is 25.7 Å². The second kappa shape index (κ2) is 6.28. The SMILES string of the molecule is CCCC(C)(Nc1ccccc1OC)C(=O)OC. The average molecular weight is 251 g/mol. The predicted octanol–water partition coefficient (Wildman–Crippen LogP) is 2.84. The van der Waals surface area contributed by atoms with Crippen LogP contribution in [0.5, 0.6) is 5.75 Å². The molecule has 18 heavy (non-hydrogen) atoms. The van der Waals surface area contributed by atoms with E-state index in [1.54, 1.807) is 7.11 Å². The summed E-state index contributed by atoms with van der Waals surface area (Å²) in [5, 5.41) is 3.23. The molecule has 0 saturated carbocycles. The molecule has 0 fully saturated rings. The Morgan fingerprint density at radius 2 is 2.00 bits per heavy atom. The van der Waals surface area contributed by atoms with Crippen molar-refractivity contribution in [2.75, 3.05) is 19.5 Å². The van der Waals surface area contributed by atoms with Gasteiger partial charge in [-0.3, -0.25) is 0 Å². The molecule has 1 unspecified atom stereocenters. The molecule has 0 radical (unpaired) electrons. The third kappa shape index (κ3) is 3.15. The Hall–Kier alpha value is -1.71. The van der Waals surface area contributed by atoms with E-state index in [1.165, 1.54) is 7.11 Å². The number of rotatable bonds is 6. The standard InChI is InChI=1S/C14H21NO3/c1-5-10-14(2,13(16)18-4)15-11-8-6-7-9-12(11)17-3/h6-9,15H,5,10H2,1-4H3. The van der Waals surface area contributed by atoms with Crippen molar-refractivity contribution in [1.82, 2.24) is 0 Å². The summed E-state index contributed by atoms with van der Waals surface area (Å²) >= 11 is 0. The van der Waals surface area contributed by atoms with Crippen LogP contribution in [0.25, 0.3) is 0 Å². The Bertz CT molecular complexity index is 406. The summed E-state index contributed by atoms with van der Waals surface area (Å²) in [6.45, 7) is 3.87. The minimum Gasteiger partial charge on any atom is -0.495 e. The maximum atomic E-state index is 11.9. The monoisotopic (exact) mass is 251 g/mol. The zero-order valence-electron chi connectivity index (χ0n) is 11.4. The van der Waals surface area contributed by atoms with Gasteiger partial charge < -0.3 is 14.8 Å². The first kappa shape index (κ1) is 14.4. The molecule has 1 rings (SSSR count). The van der Waals surface area contributed by atoms with Crippen molar-refractivity contribution in [2.24, 2.45) is 0 Å². The fraction of sp³-hybridized carbons (Fsp3) is 0.500. The van der Waals surface area contributed by atoms with Gasteiger partial charge in [0.15, 0.2) is 0 Å². The first-order chi connectivity index (χ1) is 8.57. The smallest absolute Gasteiger partial charge is 0.331 e. The summed E-state index contributed by atoms with van der Waals surface area (Å²) in [6.07, 6.45) is 1.57. The lowest BCUT2D eigenvalue weighted by Gasteiger charge is -2.29. The van der Waals surface area contributed by atoms with Gasteiger partial charge >= 0.3 is 5.97 Å². The number of methoxy groups -OCH3 is 2. The van der Waals surface area contributed by atoms with Crippen LogP contribution in [0.15, 0.2) is 24.3 Å². The molecule has 0 spiro atoms. The Labute approximate surface area is 108 Å². The van der Waals surface area contributed by atoms with Crippen molar-refractivity contribution in [3.05, 3.63) is 24.3 Å². The number of ether oxygens (including phenoxy) is 2. The highest BCUT2D eigenvalue weighted by atomic mass is 16.5. The fourth-order valence-corrected chi connectivity index (χ4v) is 1.99. The van der Waals surface area contributed by atoms with Gasteiger partial charge in [0, 0.05) is 0 Å². The summed E-state index contributed by atoms with van der Waals surface area (Å²) in [6, 6.07) is 7.52. The van der Waals surface area contributed by atoms with E-state index in [2.05, 4.69) is 5.32 Å². The zero-order valence-corrected chi connectivity index (χ0v) is 11.4. The van der Waals surface area contributed by atoms with E-state index in [9.17, 15) is 4.79 Å². The minimum absolute atomic E-state index is 0.268. The second-order valence-electron chi connectivity index (χ2n) is 4.40. The third-order valence-electron chi connectivity index (χ3n) is 2.90. The van der Waals surface area contributed by atoms with E-state index in [-0.39, 0.29) is 5.97 Å². The quantitative estimate of drug-likeness (QED) is 0.790. The Morgan fingerprint density at radius 3 is 2.56 bits per heavy atom. The number of para-hydroxylation sites is 2. The molecule has 1 N–H and O–H groups in total. The molecule has 0 saturated heterocycles. The fourth-order valence-electron chi connectivity index (χ4n) is 1.99. The van der Waals surface area contributed by atoms with Gasteiger partial charge in [-0.2, -0.15) is 0 Å². The van der Waals surface area contributed by atoms with Crippen LogP contribution in [-0.2, 0) is 9.53 Å². The number of esters is 1. The molecule has 100 valence electrons. The van der Waals surface area contributed by atoms with Gasteiger partial charge in [-0.05, 0) is 25.5 Å². The average Bonchev–Trinajstić information content (AvgIpc) is 2.38. The lowest BCUT2D eigenvalue weighted by Crippen LogP contribution is -2.44. The van der Waals surface area contributed by atoms with E-state index >= 15 is 0 Å². The molecule has 0 bridgehead atoms. The van der Waals surface area contributed by atoms with Crippen molar-refractivity contribution in [3.8, 4) is 5.75 Å². The van der Waals surface area contributed by atoms with Gasteiger partial charge in [0.1, 0.15) is 11.3 Å². The molecule has 0 heterocycles. The van der Waals surface area contributed by atoms with E-state index in [1.807, 2.05) is 38.1 Å². The first-order valence-corrected chi connectivity index (χ1v) is 6.07. The molecule has 0 amide bonds. The molecule has 4 nitrogen and oxygen atoms in total. The van der Waals surface area contributed by atoms with Crippen LogP contribution >= 0.6 is 0 Å². The number of nitrogens with one attached hydrogen (secondary N) is 1. The van der Waals surface area contributed by atoms with E-state index in [0.29, 0.717) is 12.2 Å². The molecule has 0 aliphatic heterocycles. The molecule has 0 aliphatic carbocycles. The van der Waals surface area contributed by atoms with Gasteiger partial charge in [0.2, 0.25) is 0 Å². The Balaban J connectivity index is 2.99. The number of anilines is 1. The van der Waals surface area contributed by atoms with Gasteiger partial charge in [-0.15, -0.1) is 0 Å². The summed E-state index contributed by atoms with van der Waals surface area (Å²) in [5.74, 6) is 0.444. The summed E-state index contributed by atoms with van der Waals surface area (Å²) in [7, 11) is 3.01. The van der Waals surface area contributed by atoms with Gasteiger partial charge in [-0.1, -0.05) is 25.5 Å². The molecule has 0 aromatic heterocycles. The van der Waals surface area contributed by atoms with Crippen molar-refractivity contribution in [2.45, 2.75) is 32.2 Å². The summed E-state index contributed by atoms with van der Waals surface area (Å²) in [4.78, 5) is 11.9. The van der Waals surface area contributed by atoms with Crippen LogP contribution in [0.3, 0.4) is 0 Å². The third-order valence-corrected chi connectivity index (χ3v) is 2.90. The first-order valence-electron chi connectivity index (χ1n) is 6.07. The molecule has 1 aromatic carbocycles.